The monoisotopic (exact) mass is 410 g/mol. The second-order valence-electron chi connectivity index (χ2n) is 3.86. The van der Waals surface area contributed by atoms with Crippen LogP contribution in [0.5, 0.6) is 0 Å². The van der Waals surface area contributed by atoms with Gasteiger partial charge in [-0.1, -0.05) is 17.7 Å². The maximum Gasteiger partial charge on any atom is 0.137 e. The van der Waals surface area contributed by atoms with E-state index in [9.17, 15) is 13.9 Å². The number of halogens is 5. The van der Waals surface area contributed by atoms with E-state index in [0.717, 1.165) is 12.1 Å². The van der Waals surface area contributed by atoms with Crippen molar-refractivity contribution in [2.75, 3.05) is 0 Å². The Hall–Kier alpha value is -0.490. The van der Waals surface area contributed by atoms with Gasteiger partial charge in [0.15, 0.2) is 0 Å². The first kappa shape index (κ1) is 14.9. The highest BCUT2D eigenvalue weighted by molar-refractivity contribution is 9.10. The number of aliphatic hydroxyl groups is 1. The molecule has 0 heterocycles. The molecule has 0 aliphatic rings. The van der Waals surface area contributed by atoms with Gasteiger partial charge in [-0.3, -0.25) is 0 Å². The molecule has 2 aromatic carbocycles. The van der Waals surface area contributed by atoms with Gasteiger partial charge in [-0.05, 0) is 61.7 Å². The standard InChI is InChI=1S/C13H7Br2ClF2O/c14-8-2-1-6(3-10(8)16)13(19)7-4-12(18)9(15)5-11(7)17/h1-5,13,19H. The number of hydrogen-bond acceptors (Lipinski definition) is 1. The molecule has 0 bridgehead atoms. The van der Waals surface area contributed by atoms with Gasteiger partial charge in [0.1, 0.15) is 17.7 Å². The smallest absolute Gasteiger partial charge is 0.137 e. The Morgan fingerprint density at radius 1 is 1.00 bits per heavy atom. The average Bonchev–Trinajstić information content (AvgIpc) is 2.36. The van der Waals surface area contributed by atoms with Crippen molar-refractivity contribution < 1.29 is 13.9 Å². The third-order valence-electron chi connectivity index (χ3n) is 2.59. The third kappa shape index (κ3) is 3.16. The van der Waals surface area contributed by atoms with E-state index in [1.807, 2.05) is 0 Å². The molecule has 0 saturated heterocycles. The molecule has 6 heteroatoms. The van der Waals surface area contributed by atoms with Crippen molar-refractivity contribution in [2.24, 2.45) is 0 Å². The Morgan fingerprint density at radius 2 is 1.68 bits per heavy atom. The highest BCUT2D eigenvalue weighted by atomic mass is 79.9. The van der Waals surface area contributed by atoms with Crippen LogP contribution in [0.4, 0.5) is 8.78 Å². The Balaban J connectivity index is 2.46. The number of aliphatic hydroxyl groups excluding tert-OH is 1. The molecule has 0 aliphatic carbocycles. The maximum atomic E-state index is 13.7. The number of benzene rings is 2. The van der Waals surface area contributed by atoms with E-state index >= 15 is 0 Å². The first-order valence-corrected chi connectivity index (χ1v) is 7.14. The zero-order valence-corrected chi connectivity index (χ0v) is 13.2. The predicted octanol–water partition coefficient (Wildman–Crippen LogP) is 5.22. The summed E-state index contributed by atoms with van der Waals surface area (Å²) in [7, 11) is 0. The second kappa shape index (κ2) is 5.87. The lowest BCUT2D eigenvalue weighted by Gasteiger charge is -2.14. The lowest BCUT2D eigenvalue weighted by molar-refractivity contribution is 0.214. The summed E-state index contributed by atoms with van der Waals surface area (Å²) in [6.45, 7) is 0. The molecule has 1 nitrogen and oxygen atoms in total. The van der Waals surface area contributed by atoms with Crippen molar-refractivity contribution in [2.45, 2.75) is 6.10 Å². The number of rotatable bonds is 2. The van der Waals surface area contributed by atoms with Crippen LogP contribution in [0, 0.1) is 11.6 Å². The maximum absolute atomic E-state index is 13.7. The Kier molecular flexibility index (Phi) is 4.61. The molecule has 1 atom stereocenters. The van der Waals surface area contributed by atoms with Gasteiger partial charge in [-0.25, -0.2) is 8.78 Å². The molecule has 0 aliphatic heterocycles. The van der Waals surface area contributed by atoms with E-state index in [1.165, 1.54) is 6.07 Å². The van der Waals surface area contributed by atoms with Crippen LogP contribution < -0.4 is 0 Å². The van der Waals surface area contributed by atoms with Crippen LogP contribution in [0.2, 0.25) is 5.02 Å². The topological polar surface area (TPSA) is 20.2 Å². The van der Waals surface area contributed by atoms with Crippen molar-refractivity contribution in [3.8, 4) is 0 Å². The van der Waals surface area contributed by atoms with Gasteiger partial charge in [0.25, 0.3) is 0 Å². The highest BCUT2D eigenvalue weighted by Crippen LogP contribution is 2.31. The largest absolute Gasteiger partial charge is 0.384 e. The van der Waals surface area contributed by atoms with Crippen molar-refractivity contribution in [3.05, 3.63) is 67.1 Å². The van der Waals surface area contributed by atoms with E-state index < -0.39 is 17.7 Å². The van der Waals surface area contributed by atoms with Crippen LogP contribution in [0.25, 0.3) is 0 Å². The van der Waals surface area contributed by atoms with Crippen molar-refractivity contribution in [3.63, 3.8) is 0 Å². The van der Waals surface area contributed by atoms with E-state index in [4.69, 9.17) is 11.6 Å². The minimum absolute atomic E-state index is 0.00906. The molecule has 2 rings (SSSR count). The molecule has 1 N–H and O–H groups in total. The molecule has 100 valence electrons. The van der Waals surface area contributed by atoms with Gasteiger partial charge in [0, 0.05) is 10.0 Å². The van der Waals surface area contributed by atoms with Crippen LogP contribution >= 0.6 is 43.5 Å². The molecule has 1 unspecified atom stereocenters. The second-order valence-corrected chi connectivity index (χ2v) is 5.98. The molecule has 0 amide bonds. The summed E-state index contributed by atoms with van der Waals surface area (Å²) in [5, 5.41) is 10.5. The Bertz CT molecular complexity index is 634. The van der Waals surface area contributed by atoms with Gasteiger partial charge in [0.2, 0.25) is 0 Å². The fraction of sp³-hybridized carbons (Fsp3) is 0.0769. The molecular formula is C13H7Br2ClF2O. The molecule has 0 fully saturated rings. The molecule has 19 heavy (non-hydrogen) atoms. The van der Waals surface area contributed by atoms with Gasteiger partial charge in [0.05, 0.1) is 9.50 Å². The summed E-state index contributed by atoms with van der Waals surface area (Å²) < 4.78 is 27.8. The summed E-state index contributed by atoms with van der Waals surface area (Å²) >= 11 is 12.0. The molecule has 0 saturated carbocycles. The molecular weight excluding hydrogens is 405 g/mol. The van der Waals surface area contributed by atoms with Crippen LogP contribution in [0.1, 0.15) is 17.2 Å². The lowest BCUT2D eigenvalue weighted by Crippen LogP contribution is -2.04. The first-order chi connectivity index (χ1) is 8.90. The van der Waals surface area contributed by atoms with Gasteiger partial charge >= 0.3 is 0 Å². The predicted molar refractivity (Wildman–Crippen MR) is 77.3 cm³/mol. The molecule has 0 aromatic heterocycles. The quantitative estimate of drug-likeness (QED) is 0.670. The summed E-state index contributed by atoms with van der Waals surface area (Å²) in [6.07, 6.45) is -1.28. The van der Waals surface area contributed by atoms with Crippen molar-refractivity contribution in [1.29, 1.82) is 0 Å². The van der Waals surface area contributed by atoms with Crippen LogP contribution in [0.3, 0.4) is 0 Å². The summed E-state index contributed by atoms with van der Waals surface area (Å²) in [5.74, 6) is -1.33. The zero-order valence-electron chi connectivity index (χ0n) is 9.30. The van der Waals surface area contributed by atoms with Crippen molar-refractivity contribution in [1.82, 2.24) is 0 Å². The minimum Gasteiger partial charge on any atom is -0.384 e. The molecule has 0 radical (unpaired) electrons. The number of hydrogen-bond donors (Lipinski definition) is 1. The summed E-state index contributed by atoms with van der Waals surface area (Å²) in [6, 6.07) is 6.65. The lowest BCUT2D eigenvalue weighted by atomic mass is 10.0. The fourth-order valence-electron chi connectivity index (χ4n) is 1.61. The van der Waals surface area contributed by atoms with Crippen LogP contribution in [-0.4, -0.2) is 5.11 Å². The van der Waals surface area contributed by atoms with Crippen LogP contribution in [-0.2, 0) is 0 Å². The fourth-order valence-corrected chi connectivity index (χ4v) is 2.36. The molecule has 2 aromatic rings. The van der Waals surface area contributed by atoms with Gasteiger partial charge in [-0.2, -0.15) is 0 Å². The van der Waals surface area contributed by atoms with E-state index in [-0.39, 0.29) is 10.0 Å². The first-order valence-electron chi connectivity index (χ1n) is 5.17. The van der Waals surface area contributed by atoms with E-state index in [2.05, 4.69) is 31.9 Å². The van der Waals surface area contributed by atoms with Crippen LogP contribution in [0.15, 0.2) is 39.3 Å². The normalized spacial score (nSPS) is 12.5. The highest BCUT2D eigenvalue weighted by Gasteiger charge is 2.18. The Labute approximate surface area is 130 Å². The molecule has 0 spiro atoms. The SMILES string of the molecule is OC(c1ccc(Br)c(Cl)c1)c1cc(F)c(Br)cc1F. The Morgan fingerprint density at radius 3 is 2.32 bits per heavy atom. The van der Waals surface area contributed by atoms with Gasteiger partial charge < -0.3 is 5.11 Å². The van der Waals surface area contributed by atoms with Gasteiger partial charge in [-0.15, -0.1) is 0 Å². The summed E-state index contributed by atoms with van der Waals surface area (Å²) in [4.78, 5) is 0. The minimum atomic E-state index is -1.28. The van der Waals surface area contributed by atoms with E-state index in [1.54, 1.807) is 12.1 Å². The zero-order chi connectivity index (χ0) is 14.2. The van der Waals surface area contributed by atoms with E-state index in [0.29, 0.717) is 15.1 Å². The average molecular weight is 412 g/mol. The summed E-state index contributed by atoms with van der Waals surface area (Å²) in [5.41, 5.74) is 0.243. The van der Waals surface area contributed by atoms with Crippen molar-refractivity contribution >= 4 is 43.5 Å². The third-order valence-corrected chi connectivity index (χ3v) is 4.43.